The van der Waals surface area contributed by atoms with Gasteiger partial charge >= 0.3 is 23.9 Å². The normalized spacial score (nSPS) is 17.4. The number of carboxylic acid groups (broad SMARTS) is 4. The Balaban J connectivity index is 2.89. The Bertz CT molecular complexity index is 874. The van der Waals surface area contributed by atoms with E-state index in [2.05, 4.69) is 10.6 Å². The van der Waals surface area contributed by atoms with Crippen LogP contribution in [0.5, 0.6) is 0 Å². The van der Waals surface area contributed by atoms with Crippen LogP contribution in [0.2, 0.25) is 0 Å². The summed E-state index contributed by atoms with van der Waals surface area (Å²) in [6, 6.07) is -1.30. The molecule has 1 fully saturated rings. The van der Waals surface area contributed by atoms with Crippen LogP contribution in [-0.4, -0.2) is 181 Å². The summed E-state index contributed by atoms with van der Waals surface area (Å²) in [7, 11) is 1.54. The van der Waals surface area contributed by atoms with Crippen molar-refractivity contribution in [1.29, 1.82) is 0 Å². The molecule has 0 aromatic rings. The van der Waals surface area contributed by atoms with Crippen LogP contribution in [0.1, 0.15) is 19.3 Å². The van der Waals surface area contributed by atoms with Crippen molar-refractivity contribution >= 4 is 35.7 Å². The topological polar surface area (TPSA) is 230 Å². The number of methoxy groups -OCH3 is 1. The van der Waals surface area contributed by atoms with Crippen LogP contribution in [0.3, 0.4) is 0 Å². The predicted octanol–water partition coefficient (Wildman–Crippen LogP) is -3.04. The van der Waals surface area contributed by atoms with Crippen LogP contribution in [0, 0.1) is 0 Å². The molecule has 1 saturated heterocycles. The second-order valence-corrected chi connectivity index (χ2v) is 9.98. The van der Waals surface area contributed by atoms with Gasteiger partial charge in [-0.25, -0.2) is 4.79 Å². The molecule has 1 atom stereocenters. The summed E-state index contributed by atoms with van der Waals surface area (Å²) >= 11 is 0. The third-order valence-corrected chi connectivity index (χ3v) is 6.51. The summed E-state index contributed by atoms with van der Waals surface area (Å²) < 4.78 is 4.90. The number of hydrogen-bond acceptors (Lipinski definition) is 11. The van der Waals surface area contributed by atoms with Gasteiger partial charge in [-0.15, -0.1) is 0 Å². The fraction of sp³-hybridized carbons (Fsp3) is 0.760. The maximum absolute atomic E-state index is 12.8. The highest BCUT2D eigenvalue weighted by atomic mass is 16.5. The van der Waals surface area contributed by atoms with Gasteiger partial charge in [0.05, 0.1) is 26.2 Å². The third-order valence-electron chi connectivity index (χ3n) is 6.51. The molecule has 0 radical (unpaired) electrons. The lowest BCUT2D eigenvalue weighted by atomic mass is 10.1. The van der Waals surface area contributed by atoms with Gasteiger partial charge in [0.2, 0.25) is 11.8 Å². The van der Waals surface area contributed by atoms with E-state index in [0.717, 1.165) is 0 Å². The van der Waals surface area contributed by atoms with E-state index in [4.69, 9.17) is 4.74 Å². The van der Waals surface area contributed by atoms with E-state index in [1.807, 2.05) is 0 Å². The van der Waals surface area contributed by atoms with Crippen molar-refractivity contribution in [2.24, 2.45) is 0 Å². The standard InChI is InChI=1S/C25H44N6O11/c1-42-14-2-5-26-20(32)4-3-19(25(40)41)27-21(33)15-28-6-8-29(16-22(34)35)10-12-31(18-24(38)39)13-11-30(9-7-28)17-23(36)37/h19H,2-18H2,1H3,(H,26,32)(H,27,33)(H,34,35)(H,36,37)(H,38,39)(H,40,41)/t19-/m0/s1. The summed E-state index contributed by atoms with van der Waals surface area (Å²) in [5.74, 6) is -5.47. The molecule has 2 amide bonds. The minimum atomic E-state index is -1.30. The maximum atomic E-state index is 12.8. The monoisotopic (exact) mass is 604 g/mol. The fourth-order valence-electron chi connectivity index (χ4n) is 4.29. The molecule has 0 aromatic carbocycles. The molecule has 0 bridgehead atoms. The van der Waals surface area contributed by atoms with E-state index in [0.29, 0.717) is 19.6 Å². The lowest BCUT2D eigenvalue weighted by Crippen LogP contribution is -2.51. The van der Waals surface area contributed by atoms with Gasteiger partial charge in [-0.2, -0.15) is 0 Å². The predicted molar refractivity (Wildman–Crippen MR) is 147 cm³/mol. The van der Waals surface area contributed by atoms with Gasteiger partial charge in [-0.3, -0.25) is 43.6 Å². The summed E-state index contributed by atoms with van der Waals surface area (Å²) in [5.41, 5.74) is 0. The number of carboxylic acids is 4. The molecule has 0 spiro atoms. The number of carbonyl (C=O) groups excluding carboxylic acids is 2. The van der Waals surface area contributed by atoms with Crippen molar-refractivity contribution in [3.63, 3.8) is 0 Å². The minimum Gasteiger partial charge on any atom is -0.480 e. The Morgan fingerprint density at radius 1 is 0.667 bits per heavy atom. The molecule has 17 heteroatoms. The first kappa shape index (κ1) is 36.6. The zero-order valence-electron chi connectivity index (χ0n) is 24.0. The number of carbonyl (C=O) groups is 6. The van der Waals surface area contributed by atoms with Gasteiger partial charge in [-0.1, -0.05) is 0 Å². The number of ether oxygens (including phenoxy) is 1. The van der Waals surface area contributed by atoms with Crippen LogP contribution in [-0.2, 0) is 33.5 Å². The molecule has 0 aromatic heterocycles. The van der Waals surface area contributed by atoms with Crippen molar-refractivity contribution < 1.29 is 53.9 Å². The van der Waals surface area contributed by atoms with E-state index in [9.17, 15) is 49.2 Å². The second-order valence-electron chi connectivity index (χ2n) is 9.98. The first-order valence-corrected chi connectivity index (χ1v) is 13.7. The van der Waals surface area contributed by atoms with E-state index >= 15 is 0 Å². The maximum Gasteiger partial charge on any atom is 0.326 e. The van der Waals surface area contributed by atoms with Crippen molar-refractivity contribution in [2.45, 2.75) is 25.3 Å². The van der Waals surface area contributed by atoms with Crippen molar-refractivity contribution in [3.8, 4) is 0 Å². The smallest absolute Gasteiger partial charge is 0.326 e. The number of rotatable bonds is 17. The highest BCUT2D eigenvalue weighted by Gasteiger charge is 2.24. The zero-order valence-corrected chi connectivity index (χ0v) is 24.0. The molecule has 0 saturated carbocycles. The molecule has 0 aliphatic carbocycles. The van der Waals surface area contributed by atoms with Crippen LogP contribution in [0.25, 0.3) is 0 Å². The second kappa shape index (κ2) is 20.5. The Hall–Kier alpha value is -3.38. The van der Waals surface area contributed by atoms with E-state index in [-0.39, 0.29) is 97.3 Å². The third kappa shape index (κ3) is 17.4. The number of amides is 2. The van der Waals surface area contributed by atoms with Gasteiger partial charge in [0.15, 0.2) is 0 Å². The molecule has 17 nitrogen and oxygen atoms in total. The first-order valence-electron chi connectivity index (χ1n) is 13.7. The van der Waals surface area contributed by atoms with Gasteiger partial charge in [0.25, 0.3) is 0 Å². The molecule has 42 heavy (non-hydrogen) atoms. The Kier molecular flexibility index (Phi) is 17.9. The van der Waals surface area contributed by atoms with Crippen molar-refractivity contribution in [3.05, 3.63) is 0 Å². The average molecular weight is 605 g/mol. The van der Waals surface area contributed by atoms with E-state index in [1.54, 1.807) is 19.6 Å². The molecule has 6 N–H and O–H groups in total. The molecule has 1 aliphatic rings. The summed E-state index contributed by atoms with van der Waals surface area (Å²) in [6.45, 7) is 1.50. The lowest BCUT2D eigenvalue weighted by molar-refractivity contribution is -0.142. The molecular weight excluding hydrogens is 560 g/mol. The quantitative estimate of drug-likeness (QED) is 0.0907. The minimum absolute atomic E-state index is 0.110. The number of nitrogens with one attached hydrogen (secondary N) is 2. The summed E-state index contributed by atoms with van der Waals surface area (Å²) in [5, 5.41) is 42.6. The van der Waals surface area contributed by atoms with Crippen LogP contribution >= 0.6 is 0 Å². The van der Waals surface area contributed by atoms with Gasteiger partial charge in [-0.05, 0) is 12.8 Å². The Morgan fingerprint density at radius 3 is 1.43 bits per heavy atom. The van der Waals surface area contributed by atoms with Crippen molar-refractivity contribution in [2.75, 3.05) is 98.8 Å². The Labute approximate surface area is 244 Å². The summed E-state index contributed by atoms with van der Waals surface area (Å²) in [4.78, 5) is 77.2. The molecule has 240 valence electrons. The van der Waals surface area contributed by atoms with Gasteiger partial charge in [0.1, 0.15) is 6.04 Å². The molecule has 1 rings (SSSR count). The molecular formula is C25H44N6O11. The lowest BCUT2D eigenvalue weighted by Gasteiger charge is -2.33. The number of aliphatic carboxylic acids is 4. The molecule has 0 unspecified atom stereocenters. The molecule has 1 aliphatic heterocycles. The molecule has 1 heterocycles. The van der Waals surface area contributed by atoms with Gasteiger partial charge in [0, 0.05) is 79.0 Å². The van der Waals surface area contributed by atoms with Gasteiger partial charge < -0.3 is 35.8 Å². The van der Waals surface area contributed by atoms with E-state index in [1.165, 1.54) is 7.11 Å². The largest absolute Gasteiger partial charge is 0.480 e. The highest BCUT2D eigenvalue weighted by molar-refractivity contribution is 5.85. The van der Waals surface area contributed by atoms with Crippen LogP contribution < -0.4 is 10.6 Å². The SMILES string of the molecule is COCCCNC(=O)CC[C@H](NC(=O)CN1CCN(CC(=O)O)CCN(CC(=O)O)CCN(CC(=O)O)CC1)C(=O)O. The fourth-order valence-corrected chi connectivity index (χ4v) is 4.29. The average Bonchev–Trinajstić information content (AvgIpc) is 2.89. The number of hydrogen-bond donors (Lipinski definition) is 6. The summed E-state index contributed by atoms with van der Waals surface area (Å²) in [6.07, 6.45) is 0.371. The van der Waals surface area contributed by atoms with Crippen LogP contribution in [0.15, 0.2) is 0 Å². The number of nitrogens with zero attached hydrogens (tertiary/aromatic N) is 4. The highest BCUT2D eigenvalue weighted by Crippen LogP contribution is 2.03. The van der Waals surface area contributed by atoms with Crippen LogP contribution in [0.4, 0.5) is 0 Å². The van der Waals surface area contributed by atoms with E-state index < -0.39 is 35.8 Å². The van der Waals surface area contributed by atoms with Crippen molar-refractivity contribution in [1.82, 2.24) is 30.2 Å². The first-order chi connectivity index (χ1) is 19.9. The Morgan fingerprint density at radius 2 is 1.07 bits per heavy atom. The zero-order chi connectivity index (χ0) is 31.5.